The van der Waals surface area contributed by atoms with Crippen molar-refractivity contribution in [1.82, 2.24) is 10.3 Å². The van der Waals surface area contributed by atoms with Gasteiger partial charge in [-0.25, -0.2) is 0 Å². The van der Waals surface area contributed by atoms with Crippen molar-refractivity contribution in [3.05, 3.63) is 53.9 Å². The Morgan fingerprint density at radius 3 is 2.60 bits per heavy atom. The Labute approximate surface area is 121 Å². The minimum Gasteiger partial charge on any atom is -0.344 e. The van der Waals surface area contributed by atoms with E-state index in [1.165, 1.54) is 22.5 Å². The maximum atomic E-state index is 4.25. The number of nitrogens with zero attached hydrogens (tertiary/aromatic N) is 2. The molecule has 1 N–H and O–H groups in total. The standard InChI is InChI=1S/C17H23N3/c1-4-10-18-12-15-13-19-11-9-17(15)20(3)16-7-5-14(2)6-8-16/h5-9,11,13,18H,4,10,12H2,1-3H3. The normalized spacial score (nSPS) is 10.6. The zero-order chi connectivity index (χ0) is 14.4. The summed E-state index contributed by atoms with van der Waals surface area (Å²) in [6.07, 6.45) is 4.94. The van der Waals surface area contributed by atoms with Gasteiger partial charge in [-0.05, 0) is 38.1 Å². The average molecular weight is 269 g/mol. The van der Waals surface area contributed by atoms with Gasteiger partial charge in [0.2, 0.25) is 0 Å². The number of benzene rings is 1. The molecule has 2 aromatic rings. The molecular weight excluding hydrogens is 246 g/mol. The highest BCUT2D eigenvalue weighted by Gasteiger charge is 2.08. The van der Waals surface area contributed by atoms with Gasteiger partial charge in [0.05, 0.1) is 0 Å². The Morgan fingerprint density at radius 2 is 1.90 bits per heavy atom. The van der Waals surface area contributed by atoms with Crippen molar-refractivity contribution in [2.45, 2.75) is 26.8 Å². The second kappa shape index (κ2) is 7.06. The van der Waals surface area contributed by atoms with E-state index in [1.54, 1.807) is 0 Å². The molecule has 0 aliphatic carbocycles. The van der Waals surface area contributed by atoms with Crippen LogP contribution in [0, 0.1) is 6.92 Å². The maximum absolute atomic E-state index is 4.25. The van der Waals surface area contributed by atoms with Crippen LogP contribution in [0.2, 0.25) is 0 Å². The van der Waals surface area contributed by atoms with Gasteiger partial charge in [0.15, 0.2) is 0 Å². The topological polar surface area (TPSA) is 28.2 Å². The molecule has 2 rings (SSSR count). The number of aryl methyl sites for hydroxylation is 1. The second-order valence-corrected chi connectivity index (χ2v) is 5.08. The Morgan fingerprint density at radius 1 is 1.15 bits per heavy atom. The monoisotopic (exact) mass is 269 g/mol. The summed E-state index contributed by atoms with van der Waals surface area (Å²) in [6.45, 7) is 6.17. The largest absolute Gasteiger partial charge is 0.344 e. The van der Waals surface area contributed by atoms with Crippen LogP contribution in [0.3, 0.4) is 0 Å². The predicted molar refractivity (Wildman–Crippen MR) is 85.5 cm³/mol. The zero-order valence-corrected chi connectivity index (χ0v) is 12.6. The third-order valence-corrected chi connectivity index (χ3v) is 3.40. The van der Waals surface area contributed by atoms with E-state index < -0.39 is 0 Å². The molecule has 3 heteroatoms. The van der Waals surface area contributed by atoms with Crippen molar-refractivity contribution >= 4 is 11.4 Å². The molecule has 0 aliphatic rings. The minimum absolute atomic E-state index is 0.854. The molecular formula is C17H23N3. The van der Waals surface area contributed by atoms with E-state index in [2.05, 4.69) is 66.4 Å². The lowest BCUT2D eigenvalue weighted by Gasteiger charge is -2.22. The van der Waals surface area contributed by atoms with Crippen molar-refractivity contribution in [3.63, 3.8) is 0 Å². The van der Waals surface area contributed by atoms with Crippen LogP contribution < -0.4 is 10.2 Å². The Balaban J connectivity index is 2.20. The van der Waals surface area contributed by atoms with Crippen molar-refractivity contribution in [3.8, 4) is 0 Å². The lowest BCUT2D eigenvalue weighted by atomic mass is 10.1. The molecule has 1 heterocycles. The van der Waals surface area contributed by atoms with E-state index in [4.69, 9.17) is 0 Å². The van der Waals surface area contributed by atoms with E-state index in [0.717, 1.165) is 19.5 Å². The molecule has 0 unspecified atom stereocenters. The molecule has 106 valence electrons. The quantitative estimate of drug-likeness (QED) is 0.811. The first-order valence-corrected chi connectivity index (χ1v) is 7.16. The Kier molecular flexibility index (Phi) is 5.13. The highest BCUT2D eigenvalue weighted by molar-refractivity contribution is 5.65. The van der Waals surface area contributed by atoms with Gasteiger partial charge in [-0.2, -0.15) is 0 Å². The summed E-state index contributed by atoms with van der Waals surface area (Å²) in [7, 11) is 2.10. The smallest absolute Gasteiger partial charge is 0.0484 e. The molecule has 0 aliphatic heterocycles. The summed E-state index contributed by atoms with van der Waals surface area (Å²) < 4.78 is 0. The van der Waals surface area contributed by atoms with Gasteiger partial charge in [-0.15, -0.1) is 0 Å². The highest BCUT2D eigenvalue weighted by Crippen LogP contribution is 2.26. The summed E-state index contributed by atoms with van der Waals surface area (Å²) in [5, 5.41) is 3.44. The summed E-state index contributed by atoms with van der Waals surface area (Å²) in [4.78, 5) is 6.46. The first-order chi connectivity index (χ1) is 9.72. The van der Waals surface area contributed by atoms with Gasteiger partial charge in [0.25, 0.3) is 0 Å². The molecule has 20 heavy (non-hydrogen) atoms. The van der Waals surface area contributed by atoms with Gasteiger partial charge in [-0.1, -0.05) is 24.6 Å². The van der Waals surface area contributed by atoms with Gasteiger partial charge in [-0.3, -0.25) is 4.98 Å². The van der Waals surface area contributed by atoms with Crippen LogP contribution in [-0.2, 0) is 6.54 Å². The van der Waals surface area contributed by atoms with Gasteiger partial charge >= 0.3 is 0 Å². The Bertz CT molecular complexity index is 534. The molecule has 0 spiro atoms. The molecule has 0 bridgehead atoms. The lowest BCUT2D eigenvalue weighted by molar-refractivity contribution is 0.674. The number of rotatable bonds is 6. The van der Waals surface area contributed by atoms with Crippen LogP contribution in [0.5, 0.6) is 0 Å². The summed E-state index contributed by atoms with van der Waals surface area (Å²) in [5.74, 6) is 0. The molecule has 0 radical (unpaired) electrons. The van der Waals surface area contributed by atoms with E-state index >= 15 is 0 Å². The SMILES string of the molecule is CCCNCc1cnccc1N(C)c1ccc(C)cc1. The number of nitrogens with one attached hydrogen (secondary N) is 1. The Hall–Kier alpha value is -1.87. The van der Waals surface area contributed by atoms with Gasteiger partial charge in [0.1, 0.15) is 0 Å². The molecule has 0 saturated heterocycles. The van der Waals surface area contributed by atoms with Crippen LogP contribution in [-0.4, -0.2) is 18.6 Å². The van der Waals surface area contributed by atoms with Crippen molar-refractivity contribution in [2.24, 2.45) is 0 Å². The molecule has 0 amide bonds. The van der Waals surface area contributed by atoms with Crippen molar-refractivity contribution in [1.29, 1.82) is 0 Å². The summed E-state index contributed by atoms with van der Waals surface area (Å²) in [5.41, 5.74) is 4.90. The third kappa shape index (κ3) is 3.58. The first-order valence-electron chi connectivity index (χ1n) is 7.16. The lowest BCUT2D eigenvalue weighted by Crippen LogP contribution is -2.18. The molecule has 0 atom stereocenters. The number of hydrogen-bond donors (Lipinski definition) is 1. The van der Waals surface area contributed by atoms with Crippen LogP contribution in [0.4, 0.5) is 11.4 Å². The molecule has 1 aromatic heterocycles. The van der Waals surface area contributed by atoms with Crippen molar-refractivity contribution in [2.75, 3.05) is 18.5 Å². The molecule has 1 aromatic carbocycles. The number of pyridine rings is 1. The van der Waals surface area contributed by atoms with E-state index in [-0.39, 0.29) is 0 Å². The first kappa shape index (κ1) is 14.5. The van der Waals surface area contributed by atoms with E-state index in [0.29, 0.717) is 0 Å². The molecule has 0 saturated carbocycles. The average Bonchev–Trinajstić information content (AvgIpc) is 2.48. The van der Waals surface area contributed by atoms with Crippen molar-refractivity contribution < 1.29 is 0 Å². The zero-order valence-electron chi connectivity index (χ0n) is 12.6. The van der Waals surface area contributed by atoms with Crippen LogP contribution in [0.25, 0.3) is 0 Å². The fraction of sp³-hybridized carbons (Fsp3) is 0.353. The maximum Gasteiger partial charge on any atom is 0.0484 e. The second-order valence-electron chi connectivity index (χ2n) is 5.08. The van der Waals surface area contributed by atoms with Gasteiger partial charge in [0, 0.05) is 42.9 Å². The minimum atomic E-state index is 0.854. The number of hydrogen-bond acceptors (Lipinski definition) is 3. The third-order valence-electron chi connectivity index (χ3n) is 3.40. The predicted octanol–water partition coefficient (Wildman–Crippen LogP) is 3.66. The number of aromatic nitrogens is 1. The molecule has 3 nitrogen and oxygen atoms in total. The highest BCUT2D eigenvalue weighted by atomic mass is 15.1. The van der Waals surface area contributed by atoms with Crippen LogP contribution >= 0.6 is 0 Å². The van der Waals surface area contributed by atoms with E-state index in [9.17, 15) is 0 Å². The van der Waals surface area contributed by atoms with Crippen LogP contribution in [0.1, 0.15) is 24.5 Å². The summed E-state index contributed by atoms with van der Waals surface area (Å²) in [6, 6.07) is 10.7. The van der Waals surface area contributed by atoms with Crippen LogP contribution in [0.15, 0.2) is 42.7 Å². The number of anilines is 2. The van der Waals surface area contributed by atoms with E-state index in [1.807, 2.05) is 12.4 Å². The fourth-order valence-electron chi connectivity index (χ4n) is 2.19. The summed E-state index contributed by atoms with van der Waals surface area (Å²) >= 11 is 0. The molecule has 0 fully saturated rings. The fourth-order valence-corrected chi connectivity index (χ4v) is 2.19. The van der Waals surface area contributed by atoms with Gasteiger partial charge < -0.3 is 10.2 Å².